The average molecular weight is 296 g/mol. The molecule has 0 radical (unpaired) electrons. The molecule has 0 saturated carbocycles. The van der Waals surface area contributed by atoms with E-state index in [-0.39, 0.29) is 5.15 Å². The molecule has 19 heavy (non-hydrogen) atoms. The second-order valence-corrected chi connectivity index (χ2v) is 6.45. The summed E-state index contributed by atoms with van der Waals surface area (Å²) < 4.78 is 12.4. The van der Waals surface area contributed by atoms with Crippen molar-refractivity contribution in [2.45, 2.75) is 11.4 Å². The number of hydrogen-bond donors (Lipinski definition) is 1. The molecule has 0 aliphatic carbocycles. The Labute approximate surface area is 119 Å². The van der Waals surface area contributed by atoms with E-state index in [4.69, 9.17) is 11.6 Å². The van der Waals surface area contributed by atoms with E-state index >= 15 is 0 Å². The summed E-state index contributed by atoms with van der Waals surface area (Å²) in [6.07, 6.45) is 1.06. The van der Waals surface area contributed by atoms with Crippen molar-refractivity contribution in [3.63, 3.8) is 0 Å². The topological polar surface area (TPSA) is 54.9 Å². The minimum atomic E-state index is -1.19. The maximum absolute atomic E-state index is 12.4. The lowest BCUT2D eigenvalue weighted by molar-refractivity contribution is 0.631. The number of para-hydroxylation sites is 2. The molecule has 0 spiro atoms. The molecule has 1 aromatic carbocycles. The van der Waals surface area contributed by atoms with Gasteiger partial charge in [-0.15, -0.1) is 0 Å². The number of aromatic nitrogens is 2. The zero-order valence-corrected chi connectivity index (χ0v) is 11.9. The zero-order valence-electron chi connectivity index (χ0n) is 10.3. The Balaban J connectivity index is 1.90. The summed E-state index contributed by atoms with van der Waals surface area (Å²) in [6.45, 7) is 1.92. The smallest absolute Gasteiger partial charge is 0.165 e. The van der Waals surface area contributed by atoms with Crippen LogP contribution in [0.5, 0.6) is 0 Å². The Hall–Kier alpha value is -1.04. The van der Waals surface area contributed by atoms with Crippen LogP contribution in [0.4, 0.5) is 0 Å². The Kier molecular flexibility index (Phi) is 3.77. The van der Waals surface area contributed by atoms with Crippen LogP contribution in [0.25, 0.3) is 11.0 Å². The third kappa shape index (κ3) is 2.78. The van der Waals surface area contributed by atoms with Crippen LogP contribution in [-0.2, 0) is 10.8 Å². The number of hydrogen-bond acceptors (Lipinski definition) is 4. The quantitative estimate of drug-likeness (QED) is 0.941. The first-order chi connectivity index (χ1) is 9.24. The molecule has 6 heteroatoms. The van der Waals surface area contributed by atoms with Crippen molar-refractivity contribution < 1.29 is 4.21 Å². The van der Waals surface area contributed by atoms with E-state index in [2.05, 4.69) is 15.3 Å². The maximum atomic E-state index is 12.4. The minimum Gasteiger partial charge on any atom is -0.316 e. The highest BCUT2D eigenvalue weighted by molar-refractivity contribution is 7.85. The fraction of sp³-hybridized carbons (Fsp3) is 0.385. The Morgan fingerprint density at radius 2 is 2.05 bits per heavy atom. The average Bonchev–Trinajstić information content (AvgIpc) is 2.90. The van der Waals surface area contributed by atoms with Crippen molar-refractivity contribution in [3.8, 4) is 0 Å². The predicted molar refractivity (Wildman–Crippen MR) is 76.8 cm³/mol. The lowest BCUT2D eigenvalue weighted by Gasteiger charge is -2.09. The Morgan fingerprint density at radius 1 is 1.32 bits per heavy atom. The van der Waals surface area contributed by atoms with Gasteiger partial charge in [-0.2, -0.15) is 0 Å². The molecule has 2 atom stereocenters. The van der Waals surface area contributed by atoms with E-state index in [1.165, 1.54) is 0 Å². The highest BCUT2D eigenvalue weighted by Gasteiger charge is 2.21. The van der Waals surface area contributed by atoms with Gasteiger partial charge in [0.2, 0.25) is 0 Å². The standard InChI is InChI=1S/C13H14ClN3OS/c14-12-13(19(18)8-9-5-6-15-7-9)17-11-4-2-1-3-10(11)16-12/h1-4,9,15H,5-8H2. The van der Waals surface area contributed by atoms with E-state index in [0.717, 1.165) is 30.5 Å². The van der Waals surface area contributed by atoms with Crippen LogP contribution in [0.15, 0.2) is 29.3 Å². The molecule has 1 aromatic heterocycles. The van der Waals surface area contributed by atoms with E-state index in [1.807, 2.05) is 24.3 Å². The fourth-order valence-electron chi connectivity index (χ4n) is 2.26. The number of benzene rings is 1. The second kappa shape index (κ2) is 5.53. The highest BCUT2D eigenvalue weighted by Crippen LogP contribution is 2.22. The summed E-state index contributed by atoms with van der Waals surface area (Å²) in [5.41, 5.74) is 1.47. The predicted octanol–water partition coefficient (Wildman–Crippen LogP) is 2.00. The first-order valence-corrected chi connectivity index (χ1v) is 7.95. The Bertz CT molecular complexity index is 628. The van der Waals surface area contributed by atoms with Gasteiger partial charge in [0.05, 0.1) is 21.8 Å². The zero-order chi connectivity index (χ0) is 13.2. The van der Waals surface area contributed by atoms with Gasteiger partial charge in [0.15, 0.2) is 10.2 Å². The molecule has 3 rings (SSSR count). The van der Waals surface area contributed by atoms with Crippen molar-refractivity contribution in [3.05, 3.63) is 29.4 Å². The van der Waals surface area contributed by atoms with Crippen molar-refractivity contribution in [2.75, 3.05) is 18.8 Å². The van der Waals surface area contributed by atoms with Crippen LogP contribution in [0.2, 0.25) is 5.15 Å². The van der Waals surface area contributed by atoms with Crippen LogP contribution in [0.1, 0.15) is 6.42 Å². The van der Waals surface area contributed by atoms with Gasteiger partial charge < -0.3 is 5.32 Å². The maximum Gasteiger partial charge on any atom is 0.165 e. The summed E-state index contributed by atoms with van der Waals surface area (Å²) in [5.74, 6) is 1.03. The number of nitrogens with zero attached hydrogens (tertiary/aromatic N) is 2. The Morgan fingerprint density at radius 3 is 2.74 bits per heavy atom. The van der Waals surface area contributed by atoms with Crippen LogP contribution < -0.4 is 5.32 Å². The number of halogens is 1. The van der Waals surface area contributed by atoms with E-state index in [9.17, 15) is 4.21 Å². The van der Waals surface area contributed by atoms with Gasteiger partial charge >= 0.3 is 0 Å². The van der Waals surface area contributed by atoms with Gasteiger partial charge in [-0.3, -0.25) is 4.21 Å². The van der Waals surface area contributed by atoms with E-state index in [0.29, 0.717) is 16.7 Å². The van der Waals surface area contributed by atoms with E-state index < -0.39 is 10.8 Å². The minimum absolute atomic E-state index is 0.253. The van der Waals surface area contributed by atoms with Gasteiger partial charge in [0.25, 0.3) is 0 Å². The summed E-state index contributed by atoms with van der Waals surface area (Å²) in [6, 6.07) is 7.48. The van der Waals surface area contributed by atoms with Gasteiger partial charge in [-0.25, -0.2) is 9.97 Å². The van der Waals surface area contributed by atoms with Gasteiger partial charge in [-0.1, -0.05) is 23.7 Å². The molecule has 2 aromatic rings. The van der Waals surface area contributed by atoms with Crippen molar-refractivity contribution >= 4 is 33.4 Å². The molecule has 2 unspecified atom stereocenters. The van der Waals surface area contributed by atoms with Gasteiger partial charge in [0, 0.05) is 5.75 Å². The number of nitrogens with one attached hydrogen (secondary N) is 1. The molecular weight excluding hydrogens is 282 g/mol. The summed E-state index contributed by atoms with van der Waals surface area (Å²) >= 11 is 6.10. The first-order valence-electron chi connectivity index (χ1n) is 6.25. The molecule has 1 saturated heterocycles. The molecule has 0 bridgehead atoms. The molecule has 2 heterocycles. The molecule has 0 amide bonds. The largest absolute Gasteiger partial charge is 0.316 e. The van der Waals surface area contributed by atoms with Crippen molar-refractivity contribution in [1.29, 1.82) is 0 Å². The lowest BCUT2D eigenvalue weighted by atomic mass is 10.2. The number of fused-ring (bicyclic) bond motifs is 1. The summed E-state index contributed by atoms with van der Waals surface area (Å²) in [5, 5.41) is 3.93. The van der Waals surface area contributed by atoms with Gasteiger partial charge in [-0.05, 0) is 37.6 Å². The molecular formula is C13H14ClN3OS. The van der Waals surface area contributed by atoms with Crippen LogP contribution in [0, 0.1) is 5.92 Å². The monoisotopic (exact) mass is 295 g/mol. The third-order valence-corrected chi connectivity index (χ3v) is 5.13. The fourth-order valence-corrected chi connectivity index (χ4v) is 3.95. The van der Waals surface area contributed by atoms with Gasteiger partial charge in [0.1, 0.15) is 0 Å². The SMILES string of the molecule is O=S(CC1CCNC1)c1nc2ccccc2nc1Cl. The second-order valence-electron chi connectivity index (χ2n) is 4.68. The van der Waals surface area contributed by atoms with Crippen LogP contribution in [0.3, 0.4) is 0 Å². The van der Waals surface area contributed by atoms with Crippen LogP contribution >= 0.6 is 11.6 Å². The molecule has 100 valence electrons. The first kappa shape index (κ1) is 13.0. The third-order valence-electron chi connectivity index (χ3n) is 3.26. The summed E-state index contributed by atoms with van der Waals surface area (Å²) in [7, 11) is -1.19. The summed E-state index contributed by atoms with van der Waals surface area (Å²) in [4.78, 5) is 8.67. The van der Waals surface area contributed by atoms with Crippen LogP contribution in [-0.4, -0.2) is 33.0 Å². The van der Waals surface area contributed by atoms with Crippen molar-refractivity contribution in [1.82, 2.24) is 15.3 Å². The molecule has 1 N–H and O–H groups in total. The number of rotatable bonds is 3. The normalized spacial score (nSPS) is 20.8. The molecule has 1 aliphatic rings. The molecule has 4 nitrogen and oxygen atoms in total. The van der Waals surface area contributed by atoms with Crippen molar-refractivity contribution in [2.24, 2.45) is 5.92 Å². The molecule has 1 aliphatic heterocycles. The lowest BCUT2D eigenvalue weighted by Crippen LogP contribution is -2.16. The highest BCUT2D eigenvalue weighted by atomic mass is 35.5. The van der Waals surface area contributed by atoms with E-state index in [1.54, 1.807) is 0 Å². The molecule has 1 fully saturated rings.